The van der Waals surface area contributed by atoms with Crippen molar-refractivity contribution in [2.24, 2.45) is 0 Å². The van der Waals surface area contributed by atoms with E-state index in [1.807, 2.05) is 75.4 Å². The lowest BCUT2D eigenvalue weighted by Crippen LogP contribution is -2.05. The third kappa shape index (κ3) is 22.7. The second kappa shape index (κ2) is 36.2. The summed E-state index contributed by atoms with van der Waals surface area (Å²) in [5.74, 6) is -2.10. The summed E-state index contributed by atoms with van der Waals surface area (Å²) in [6.07, 6.45) is -0.0504. The number of benzene rings is 9. The number of alkyl halides is 2. The largest absolute Gasteiger partial charge is 0.384 e. The molecule has 0 amide bonds. The average molecular weight is 1800 g/mol. The minimum absolute atomic E-state index is 0.00195. The number of rotatable bonds is 8. The second-order valence-corrected chi connectivity index (χ2v) is 29.3. The van der Waals surface area contributed by atoms with Crippen molar-refractivity contribution in [2.75, 3.05) is 0 Å². The standard InChI is InChI=1S/C15H9Br3ClFO.C15H13BrClFO.C15H11BrClFO.C8H7BrO.C7H5BrClF.C7H6BrF/c1-7-4-10(12(19)6-13(7)20)14(21)9-3-2-8(15(17)18)5-11(9)16;2*1-8-3-4-10(12(16)5-8)15(19)11-6-9(2)14(18)7-13(11)17;1-6-2-3-7(5-10)8(9)4-6;1-4-2-5(8)6(9)3-7(4)10;1-5-4-6(8)2-3-7(5)9/h2-6,15H,1H3;3-7,15,19H,1-2H3;3-7H,1-2H3;2-5H,1H3;2-3H,1H3;2-4H,1H3. The lowest BCUT2D eigenvalue weighted by molar-refractivity contribution is 0.103. The Morgan fingerprint density at radius 2 is 0.807 bits per heavy atom. The van der Waals surface area contributed by atoms with Crippen molar-refractivity contribution in [3.05, 3.63) is 305 Å². The Bertz CT molecular complexity index is 3970. The van der Waals surface area contributed by atoms with Crippen molar-refractivity contribution < 1.29 is 41.4 Å². The molecule has 0 aliphatic heterocycles. The van der Waals surface area contributed by atoms with Crippen molar-refractivity contribution in [1.82, 2.24) is 0 Å². The normalized spacial score (nSPS) is 10.8. The summed E-state index contributed by atoms with van der Waals surface area (Å²) in [5, 5.41) is 11.3. The van der Waals surface area contributed by atoms with Gasteiger partial charge in [0.25, 0.3) is 0 Å². The summed E-state index contributed by atoms with van der Waals surface area (Å²) in [4.78, 5) is 35.3. The van der Waals surface area contributed by atoms with Gasteiger partial charge in [0.1, 0.15) is 35.2 Å². The molecule has 9 aromatic rings. The van der Waals surface area contributed by atoms with Crippen molar-refractivity contribution in [3.63, 3.8) is 0 Å². The fourth-order valence-corrected chi connectivity index (χ4v) is 12.4. The van der Waals surface area contributed by atoms with E-state index < -0.39 is 17.7 Å². The molecule has 0 spiro atoms. The predicted molar refractivity (Wildman–Crippen MR) is 379 cm³/mol. The molecule has 0 aromatic heterocycles. The third-order valence-corrected chi connectivity index (χ3v) is 18.9. The number of aliphatic hydroxyl groups excluding tert-OH is 1. The number of aliphatic hydroxyl groups is 1. The van der Waals surface area contributed by atoms with Gasteiger partial charge in [-0.3, -0.25) is 14.4 Å². The lowest BCUT2D eigenvalue weighted by Gasteiger charge is -2.16. The monoisotopic (exact) mass is 1790 g/mol. The van der Waals surface area contributed by atoms with Crippen LogP contribution in [0, 0.1) is 84.5 Å². The minimum Gasteiger partial charge on any atom is -0.384 e. The topological polar surface area (TPSA) is 71.4 Å². The number of aldehydes is 1. The lowest BCUT2D eigenvalue weighted by atomic mass is 9.99. The number of carbonyl (C=O) groups is 3. The average Bonchev–Trinajstić information content (AvgIpc) is 3.40. The van der Waals surface area contributed by atoms with E-state index in [1.54, 1.807) is 77.1 Å². The Morgan fingerprint density at radius 1 is 0.398 bits per heavy atom. The molecule has 1 atom stereocenters. The third-order valence-electron chi connectivity index (χ3n) is 12.5. The fraction of sp³-hybridized carbons (Fsp3) is 0.149. The number of hydrogen-bond donors (Lipinski definition) is 1. The van der Waals surface area contributed by atoms with Gasteiger partial charge in [-0.1, -0.05) is 194 Å². The molecule has 21 heteroatoms. The van der Waals surface area contributed by atoms with Gasteiger partial charge in [0.05, 0.1) is 18.8 Å². The van der Waals surface area contributed by atoms with Gasteiger partial charge in [0, 0.05) is 65.2 Å². The van der Waals surface area contributed by atoms with E-state index >= 15 is 0 Å². The van der Waals surface area contributed by atoms with Gasteiger partial charge in [-0.2, -0.15) is 0 Å². The maximum atomic E-state index is 13.4. The van der Waals surface area contributed by atoms with Crippen LogP contribution >= 0.6 is 174 Å². The Kier molecular flexibility index (Phi) is 31.7. The van der Waals surface area contributed by atoms with Crippen LogP contribution in [0.3, 0.4) is 0 Å². The fourth-order valence-electron chi connectivity index (χ4n) is 7.48. The molecule has 4 nitrogen and oxygen atoms in total. The van der Waals surface area contributed by atoms with Crippen molar-refractivity contribution >= 4 is 192 Å². The van der Waals surface area contributed by atoms with Crippen LogP contribution in [0.15, 0.2) is 166 Å². The molecular formula is C67H51Br8Cl4F5O4. The predicted octanol–water partition coefficient (Wildman–Crippen LogP) is 25.6. The van der Waals surface area contributed by atoms with E-state index in [0.29, 0.717) is 80.7 Å². The first-order valence-electron chi connectivity index (χ1n) is 25.6. The summed E-state index contributed by atoms with van der Waals surface area (Å²) in [7, 11) is 0. The maximum Gasteiger partial charge on any atom is 0.195 e. The highest BCUT2D eigenvalue weighted by molar-refractivity contribution is 9.24. The maximum absolute atomic E-state index is 13.4. The Balaban J connectivity index is 0.000000233. The highest BCUT2D eigenvalue weighted by atomic mass is 79.9. The van der Waals surface area contributed by atoms with Crippen LogP contribution in [0.25, 0.3) is 0 Å². The molecule has 9 aromatic carbocycles. The number of ketones is 2. The number of carbonyl (C=O) groups excluding carboxylic acids is 3. The van der Waals surface area contributed by atoms with Crippen LogP contribution in [0.5, 0.6) is 0 Å². The summed E-state index contributed by atoms with van der Waals surface area (Å²) in [6.45, 7) is 14.2. The first kappa shape index (κ1) is 77.1. The van der Waals surface area contributed by atoms with Gasteiger partial charge in [0.15, 0.2) is 17.9 Å². The number of halogens is 17. The molecule has 0 bridgehead atoms. The molecule has 0 fully saturated rings. The number of hydrogen-bond acceptors (Lipinski definition) is 4. The number of aryl methyl sites for hydroxylation is 8. The van der Waals surface area contributed by atoms with E-state index in [1.165, 1.54) is 42.5 Å². The SMILES string of the molecule is Cc1cc(Br)c(Cl)cc1F.Cc1cc(Br)ccc1F.Cc1cc(C(=O)c2ccc(C(Br)Br)cc2Br)c(Cl)cc1F.Cc1ccc(C(=O)c2cc(C)c(F)cc2Cl)c(Br)c1.Cc1ccc(C(O)c2cc(C)c(F)cc2Cl)c(Br)c1.Cc1ccc(C=O)c(Br)c1. The molecule has 9 rings (SSSR count). The summed E-state index contributed by atoms with van der Waals surface area (Å²) in [6, 6.07) is 38.0. The van der Waals surface area contributed by atoms with Gasteiger partial charge in [-0.25, -0.2) is 22.0 Å². The molecule has 0 saturated heterocycles. The smallest absolute Gasteiger partial charge is 0.195 e. The van der Waals surface area contributed by atoms with E-state index in [4.69, 9.17) is 46.4 Å². The van der Waals surface area contributed by atoms with E-state index in [-0.39, 0.29) is 47.8 Å². The molecule has 462 valence electrons. The van der Waals surface area contributed by atoms with E-state index in [9.17, 15) is 41.4 Å². The highest BCUT2D eigenvalue weighted by Crippen LogP contribution is 2.36. The first-order valence-corrected chi connectivity index (χ1v) is 33.7. The Labute approximate surface area is 596 Å². The second-order valence-electron chi connectivity index (χ2n) is 19.4. The van der Waals surface area contributed by atoms with Crippen molar-refractivity contribution in [2.45, 2.75) is 65.2 Å². The molecule has 1 N–H and O–H groups in total. The zero-order valence-electron chi connectivity index (χ0n) is 47.6. The summed E-state index contributed by atoms with van der Waals surface area (Å²) >= 11 is 50.2. The van der Waals surface area contributed by atoms with Crippen molar-refractivity contribution in [1.29, 1.82) is 0 Å². The van der Waals surface area contributed by atoms with Crippen LogP contribution in [0.4, 0.5) is 22.0 Å². The molecule has 0 saturated carbocycles. The zero-order valence-corrected chi connectivity index (χ0v) is 63.3. The summed E-state index contributed by atoms with van der Waals surface area (Å²) in [5.41, 5.74) is 10.3. The van der Waals surface area contributed by atoms with Gasteiger partial charge in [0.2, 0.25) is 0 Å². The summed E-state index contributed by atoms with van der Waals surface area (Å²) < 4.78 is 70.0. The van der Waals surface area contributed by atoms with Gasteiger partial charge >= 0.3 is 0 Å². The van der Waals surface area contributed by atoms with Crippen LogP contribution in [-0.4, -0.2) is 23.0 Å². The van der Waals surface area contributed by atoms with Crippen LogP contribution in [0.2, 0.25) is 20.1 Å². The van der Waals surface area contributed by atoms with E-state index in [0.717, 1.165) is 46.4 Å². The van der Waals surface area contributed by atoms with Crippen molar-refractivity contribution in [3.8, 4) is 0 Å². The molecule has 1 unspecified atom stereocenters. The molecule has 0 aliphatic rings. The Morgan fingerprint density at radius 3 is 1.24 bits per heavy atom. The van der Waals surface area contributed by atoms with Crippen LogP contribution < -0.4 is 0 Å². The van der Waals surface area contributed by atoms with E-state index in [2.05, 4.69) is 127 Å². The zero-order chi connectivity index (χ0) is 66.2. The molecule has 88 heavy (non-hydrogen) atoms. The van der Waals surface area contributed by atoms with Crippen LogP contribution in [-0.2, 0) is 0 Å². The Hall–Kier alpha value is -3.40. The molecule has 0 heterocycles. The van der Waals surface area contributed by atoms with Gasteiger partial charge in [-0.15, -0.1) is 0 Å². The quantitative estimate of drug-likeness (QED) is 0.0541. The molecule has 0 radical (unpaired) electrons. The molecular weight excluding hydrogens is 1740 g/mol. The first-order chi connectivity index (χ1) is 41.1. The minimum atomic E-state index is -0.887. The van der Waals surface area contributed by atoms with Gasteiger partial charge < -0.3 is 5.11 Å². The molecule has 0 aliphatic carbocycles. The van der Waals surface area contributed by atoms with Gasteiger partial charge in [-0.05, 0) is 230 Å². The van der Waals surface area contributed by atoms with Crippen LogP contribution in [0.1, 0.15) is 113 Å². The highest BCUT2D eigenvalue weighted by Gasteiger charge is 2.21.